The summed E-state index contributed by atoms with van der Waals surface area (Å²) in [5, 5.41) is 4.76. The SMILES string of the molecule is CO[C@H]1/C=C/C[C@H](C)C[S@@](=O)(NC(=O)c2cn(C)nc2N)=NC(=O)c2ccc3c(c2)N(C[C@@H]2CC[C@H]21)C[C@@]1(CCCc2cc(Cl)ccc21)CO3. The molecule has 266 valence electrons. The van der Waals surface area contributed by atoms with E-state index in [1.807, 2.05) is 25.1 Å². The predicted octanol–water partition coefficient (Wildman–Crippen LogP) is 5.72. The second-order valence-electron chi connectivity index (χ2n) is 14.5. The average Bonchev–Trinajstić information content (AvgIpc) is 3.33. The Morgan fingerprint density at radius 2 is 2.06 bits per heavy atom. The second kappa shape index (κ2) is 13.7. The van der Waals surface area contributed by atoms with Crippen LogP contribution in [-0.4, -0.2) is 64.5 Å². The zero-order chi connectivity index (χ0) is 35.2. The largest absolute Gasteiger partial charge is 0.490 e. The molecule has 1 fully saturated rings. The lowest BCUT2D eigenvalue weighted by molar-refractivity contribution is 0.0131. The Hall–Kier alpha value is -3.87. The summed E-state index contributed by atoms with van der Waals surface area (Å²) in [6, 6.07) is 11.5. The van der Waals surface area contributed by atoms with E-state index in [0.29, 0.717) is 37.2 Å². The first-order chi connectivity index (χ1) is 24.0. The first-order valence-electron chi connectivity index (χ1n) is 17.4. The molecule has 3 heterocycles. The van der Waals surface area contributed by atoms with Gasteiger partial charge in [0.1, 0.15) is 21.2 Å². The van der Waals surface area contributed by atoms with Crippen LogP contribution in [0.3, 0.4) is 0 Å². The van der Waals surface area contributed by atoms with Crippen LogP contribution in [0.4, 0.5) is 11.5 Å². The molecule has 50 heavy (non-hydrogen) atoms. The van der Waals surface area contributed by atoms with Gasteiger partial charge in [0, 0.05) is 49.4 Å². The highest BCUT2D eigenvalue weighted by molar-refractivity contribution is 7.92. The van der Waals surface area contributed by atoms with Crippen molar-refractivity contribution >= 4 is 44.8 Å². The summed E-state index contributed by atoms with van der Waals surface area (Å²) in [5.41, 5.74) is 9.35. The number of ether oxygens (including phenoxy) is 2. The lowest BCUT2D eigenvalue weighted by Crippen LogP contribution is -2.49. The van der Waals surface area contributed by atoms with Gasteiger partial charge in [-0.2, -0.15) is 5.10 Å². The molecule has 2 aromatic carbocycles. The quantitative estimate of drug-likeness (QED) is 0.328. The number of halogens is 1. The number of nitrogens with zero attached hydrogens (tertiary/aromatic N) is 4. The van der Waals surface area contributed by atoms with Crippen LogP contribution in [0.5, 0.6) is 5.75 Å². The monoisotopic (exact) mass is 720 g/mol. The molecular formula is C37H45ClN6O5S. The number of aryl methyl sites for hydroxylation is 2. The second-order valence-corrected chi connectivity index (χ2v) is 16.9. The highest BCUT2D eigenvalue weighted by Crippen LogP contribution is 2.47. The van der Waals surface area contributed by atoms with Crippen LogP contribution in [0.25, 0.3) is 0 Å². The number of amides is 2. The van der Waals surface area contributed by atoms with Crippen molar-refractivity contribution in [3.8, 4) is 5.75 Å². The van der Waals surface area contributed by atoms with Crippen LogP contribution >= 0.6 is 11.6 Å². The minimum Gasteiger partial charge on any atom is -0.490 e. The fourth-order valence-corrected chi connectivity index (χ4v) is 10.3. The summed E-state index contributed by atoms with van der Waals surface area (Å²) in [7, 11) is -0.196. The number of aromatic nitrogens is 2. The van der Waals surface area contributed by atoms with Gasteiger partial charge < -0.3 is 20.1 Å². The van der Waals surface area contributed by atoms with Crippen molar-refractivity contribution in [2.24, 2.45) is 29.2 Å². The summed E-state index contributed by atoms with van der Waals surface area (Å²) in [5.74, 6) is -0.201. The van der Waals surface area contributed by atoms with E-state index in [4.69, 9.17) is 26.8 Å². The van der Waals surface area contributed by atoms with Crippen LogP contribution in [0.2, 0.25) is 5.02 Å². The summed E-state index contributed by atoms with van der Waals surface area (Å²) >= 11 is 6.45. The van der Waals surface area contributed by atoms with Gasteiger partial charge in [-0.05, 0) is 97.7 Å². The number of methoxy groups -OCH3 is 1. The van der Waals surface area contributed by atoms with E-state index in [1.165, 1.54) is 22.0 Å². The van der Waals surface area contributed by atoms with Crippen molar-refractivity contribution in [2.75, 3.05) is 43.2 Å². The topological polar surface area (TPSA) is 141 Å². The third kappa shape index (κ3) is 6.77. The molecule has 4 aliphatic rings. The molecule has 1 aromatic heterocycles. The van der Waals surface area contributed by atoms with Crippen molar-refractivity contribution in [3.63, 3.8) is 0 Å². The molecule has 0 radical (unpaired) electrons. The first-order valence-corrected chi connectivity index (χ1v) is 19.4. The van der Waals surface area contributed by atoms with E-state index in [1.54, 1.807) is 20.2 Å². The highest BCUT2D eigenvalue weighted by atomic mass is 35.5. The molecule has 2 bridgehead atoms. The maximum Gasteiger partial charge on any atom is 0.286 e. The number of nitrogens with two attached hydrogens (primary N) is 1. The van der Waals surface area contributed by atoms with Gasteiger partial charge in [0.15, 0.2) is 5.82 Å². The Labute approximate surface area is 298 Å². The number of allylic oxidation sites excluding steroid dienone is 1. The molecule has 0 saturated heterocycles. The molecule has 1 spiro atoms. The fourth-order valence-electron chi connectivity index (χ4n) is 8.25. The van der Waals surface area contributed by atoms with Gasteiger partial charge in [0.25, 0.3) is 11.8 Å². The minimum absolute atomic E-state index is 0.00396. The summed E-state index contributed by atoms with van der Waals surface area (Å²) in [6.45, 7) is 3.90. The van der Waals surface area contributed by atoms with Crippen molar-refractivity contribution in [1.82, 2.24) is 14.5 Å². The maximum absolute atomic E-state index is 14.5. The molecule has 2 aliphatic carbocycles. The maximum atomic E-state index is 14.5. The molecule has 1 saturated carbocycles. The smallest absolute Gasteiger partial charge is 0.286 e. The Morgan fingerprint density at radius 1 is 1.22 bits per heavy atom. The molecule has 2 amide bonds. The molecule has 0 unspecified atom stereocenters. The lowest BCUT2D eigenvalue weighted by Gasteiger charge is -2.46. The number of fused-ring (bicyclic) bond motifs is 4. The zero-order valence-corrected chi connectivity index (χ0v) is 30.3. The van der Waals surface area contributed by atoms with Crippen molar-refractivity contribution < 1.29 is 23.3 Å². The van der Waals surface area contributed by atoms with Gasteiger partial charge >= 0.3 is 0 Å². The Bertz CT molecular complexity index is 1970. The van der Waals surface area contributed by atoms with Crippen LogP contribution < -0.4 is 20.1 Å². The highest BCUT2D eigenvalue weighted by Gasteiger charge is 2.44. The molecule has 13 heteroatoms. The molecular weight excluding hydrogens is 676 g/mol. The normalized spacial score (nSPS) is 30.2. The third-order valence-electron chi connectivity index (χ3n) is 10.9. The van der Waals surface area contributed by atoms with Gasteiger partial charge in [-0.1, -0.05) is 36.7 Å². The number of carbonyl (C=O) groups excluding carboxylic acids is 2. The summed E-state index contributed by atoms with van der Waals surface area (Å²) in [4.78, 5) is 29.7. The zero-order valence-electron chi connectivity index (χ0n) is 28.8. The van der Waals surface area contributed by atoms with Gasteiger partial charge in [-0.15, -0.1) is 4.36 Å². The molecule has 3 N–H and O–H groups in total. The van der Waals surface area contributed by atoms with Crippen LogP contribution in [0, 0.1) is 17.8 Å². The number of rotatable bonds is 3. The van der Waals surface area contributed by atoms with Gasteiger partial charge in [-0.25, -0.2) is 4.21 Å². The summed E-state index contributed by atoms with van der Waals surface area (Å²) in [6.07, 6.45) is 11.2. The number of nitrogens with one attached hydrogen (secondary N) is 1. The van der Waals surface area contributed by atoms with E-state index < -0.39 is 21.7 Å². The van der Waals surface area contributed by atoms with Crippen molar-refractivity contribution in [1.29, 1.82) is 0 Å². The summed E-state index contributed by atoms with van der Waals surface area (Å²) < 4.78 is 35.4. The lowest BCUT2D eigenvalue weighted by atomic mass is 9.68. The van der Waals surface area contributed by atoms with Crippen molar-refractivity contribution in [3.05, 3.63) is 82.0 Å². The van der Waals surface area contributed by atoms with E-state index >= 15 is 0 Å². The fraction of sp³-hybridized carbons (Fsp3) is 0.486. The standard InChI is InChI=1S/C37H45ClN6O5S/c1-23-6-4-8-32(48-3)28-12-9-26(28)18-44-21-37(15-5-7-24-16-27(38)11-13-30(24)37)22-49-33-14-10-25(17-31(33)44)35(45)41-50(47,20-23)42-36(46)29-19-43(2)40-34(29)39/h4,8,10-11,13-14,16-17,19,23,26,28,32H,5-7,9,12,15,18,20-22H2,1-3H3,(H2,39,40)(H,41,42,45,46,47)/b8-4+/t23-,26-,28+,32-,37-,50-/m0/s1. The molecule has 3 aromatic rings. The molecule has 6 atom stereocenters. The third-order valence-corrected chi connectivity index (χ3v) is 13.1. The van der Waals surface area contributed by atoms with E-state index in [9.17, 15) is 13.8 Å². The van der Waals surface area contributed by atoms with Crippen molar-refractivity contribution in [2.45, 2.75) is 57.0 Å². The first kappa shape index (κ1) is 34.6. The van der Waals surface area contributed by atoms with E-state index in [0.717, 1.165) is 49.4 Å². The Kier molecular flexibility index (Phi) is 9.46. The Morgan fingerprint density at radius 3 is 2.80 bits per heavy atom. The average molecular weight is 721 g/mol. The van der Waals surface area contributed by atoms with Gasteiger partial charge in [0.2, 0.25) is 0 Å². The number of hydrogen-bond acceptors (Lipinski definition) is 8. The van der Waals surface area contributed by atoms with E-state index in [-0.39, 0.29) is 40.1 Å². The van der Waals surface area contributed by atoms with Crippen LogP contribution in [-0.2, 0) is 33.5 Å². The number of benzene rings is 2. The molecule has 11 nitrogen and oxygen atoms in total. The van der Waals surface area contributed by atoms with E-state index in [2.05, 4.69) is 43.4 Å². The van der Waals surface area contributed by atoms with Gasteiger partial charge in [0.05, 0.1) is 24.2 Å². The number of carbonyl (C=O) groups is 2. The minimum atomic E-state index is -3.59. The number of anilines is 2. The molecule has 2 aliphatic heterocycles. The van der Waals surface area contributed by atoms with Gasteiger partial charge in [-0.3, -0.25) is 19.0 Å². The number of nitrogen functional groups attached to an aromatic ring is 1. The van der Waals surface area contributed by atoms with Crippen LogP contribution in [0.1, 0.15) is 70.9 Å². The Balaban J connectivity index is 1.31. The van der Waals surface area contributed by atoms with Crippen LogP contribution in [0.15, 0.2) is 59.1 Å². The molecule has 7 rings (SSSR count). The number of hydrogen-bond donors (Lipinski definition) is 2. The predicted molar refractivity (Wildman–Crippen MR) is 195 cm³/mol.